The number of carbonyl (C=O) groups is 1. The monoisotopic (exact) mass is 355 g/mol. The first-order chi connectivity index (χ1) is 11.3. The average Bonchev–Trinajstić information content (AvgIpc) is 3.12. The number of nitrogens with zero attached hydrogens (tertiary/aromatic N) is 2. The van der Waals surface area contributed by atoms with Crippen LogP contribution in [-0.4, -0.2) is 60.8 Å². The van der Waals surface area contributed by atoms with Crippen LogP contribution in [0.5, 0.6) is 0 Å². The summed E-state index contributed by atoms with van der Waals surface area (Å²) in [4.78, 5) is 12.2. The minimum Gasteiger partial charge on any atom is -0.369 e. The van der Waals surface area contributed by atoms with E-state index in [0.717, 1.165) is 25.7 Å². The van der Waals surface area contributed by atoms with Crippen molar-refractivity contribution in [3.8, 4) is 0 Å². The Morgan fingerprint density at radius 1 is 1.46 bits per heavy atom. The number of amides is 1. The molecule has 1 aromatic rings. The van der Waals surface area contributed by atoms with Crippen LogP contribution in [0.2, 0.25) is 0 Å². The van der Waals surface area contributed by atoms with Gasteiger partial charge in [0, 0.05) is 32.9 Å². The number of nitrogens with one attached hydrogen (secondary N) is 1. The molecular weight excluding hydrogens is 330 g/mol. The second-order valence-corrected chi connectivity index (χ2v) is 8.86. The molecular formula is C16H25N3O4S. The van der Waals surface area contributed by atoms with Gasteiger partial charge in [-0.3, -0.25) is 4.79 Å². The lowest BCUT2D eigenvalue weighted by atomic mass is 9.90. The summed E-state index contributed by atoms with van der Waals surface area (Å²) in [5.74, 6) is -0.116. The first kappa shape index (κ1) is 17.4. The zero-order valence-electron chi connectivity index (χ0n) is 14.2. The molecule has 1 N–H and O–H groups in total. The number of aromatic nitrogens is 1. The van der Waals surface area contributed by atoms with Crippen LogP contribution >= 0.6 is 0 Å². The van der Waals surface area contributed by atoms with Crippen LogP contribution in [0.1, 0.15) is 36.2 Å². The van der Waals surface area contributed by atoms with Crippen molar-refractivity contribution in [2.24, 2.45) is 7.05 Å². The summed E-state index contributed by atoms with van der Waals surface area (Å²) in [5.41, 5.74) is 0.228. The smallest absolute Gasteiger partial charge is 0.267 e. The van der Waals surface area contributed by atoms with Crippen molar-refractivity contribution in [2.45, 2.75) is 37.4 Å². The van der Waals surface area contributed by atoms with Crippen molar-refractivity contribution in [3.63, 3.8) is 0 Å². The van der Waals surface area contributed by atoms with Gasteiger partial charge in [-0.05, 0) is 37.8 Å². The molecule has 2 aliphatic heterocycles. The van der Waals surface area contributed by atoms with Crippen molar-refractivity contribution in [3.05, 3.63) is 24.0 Å². The predicted molar refractivity (Wildman–Crippen MR) is 90.2 cm³/mol. The third-order valence-corrected chi connectivity index (χ3v) is 6.24. The minimum atomic E-state index is -3.17. The second kappa shape index (κ2) is 6.50. The SMILES string of the molecule is Cn1cccc1C(=O)NC[C@@H]1CCC[C@]2(CCN(S(C)(=O)=O)C2)O1. The molecule has 0 aliphatic carbocycles. The molecule has 2 fully saturated rings. The van der Waals surface area contributed by atoms with Crippen LogP contribution in [0.15, 0.2) is 18.3 Å². The number of carbonyl (C=O) groups excluding carboxylic acids is 1. The molecule has 2 atom stereocenters. The lowest BCUT2D eigenvalue weighted by Crippen LogP contribution is -2.47. The van der Waals surface area contributed by atoms with Crippen LogP contribution in [0.3, 0.4) is 0 Å². The van der Waals surface area contributed by atoms with Crippen molar-refractivity contribution < 1.29 is 17.9 Å². The van der Waals surface area contributed by atoms with E-state index >= 15 is 0 Å². The highest BCUT2D eigenvalue weighted by Crippen LogP contribution is 2.37. The Kier molecular flexibility index (Phi) is 4.72. The van der Waals surface area contributed by atoms with Gasteiger partial charge in [0.2, 0.25) is 10.0 Å². The molecule has 0 bridgehead atoms. The summed E-state index contributed by atoms with van der Waals surface area (Å²) >= 11 is 0. The zero-order chi connectivity index (χ0) is 17.4. The van der Waals surface area contributed by atoms with Crippen LogP contribution in [0.25, 0.3) is 0 Å². The molecule has 24 heavy (non-hydrogen) atoms. The van der Waals surface area contributed by atoms with Crippen molar-refractivity contribution >= 4 is 15.9 Å². The van der Waals surface area contributed by atoms with Crippen LogP contribution < -0.4 is 5.32 Å². The molecule has 0 radical (unpaired) electrons. The molecule has 3 heterocycles. The third-order valence-electron chi connectivity index (χ3n) is 4.99. The summed E-state index contributed by atoms with van der Waals surface area (Å²) in [5, 5.41) is 2.93. The van der Waals surface area contributed by atoms with Crippen LogP contribution in [0, 0.1) is 0 Å². The lowest BCUT2D eigenvalue weighted by Gasteiger charge is -2.38. The maximum Gasteiger partial charge on any atom is 0.267 e. The predicted octanol–water partition coefficient (Wildman–Crippen LogP) is 0.728. The zero-order valence-corrected chi connectivity index (χ0v) is 15.0. The van der Waals surface area contributed by atoms with Gasteiger partial charge in [-0.15, -0.1) is 0 Å². The van der Waals surface area contributed by atoms with Gasteiger partial charge in [0.05, 0.1) is 18.0 Å². The van der Waals surface area contributed by atoms with Crippen LogP contribution in [0.4, 0.5) is 0 Å². The molecule has 0 aromatic carbocycles. The lowest BCUT2D eigenvalue weighted by molar-refractivity contribution is -0.116. The Bertz CT molecular complexity index is 715. The highest BCUT2D eigenvalue weighted by molar-refractivity contribution is 7.88. The average molecular weight is 355 g/mol. The number of hydrogen-bond donors (Lipinski definition) is 1. The van der Waals surface area contributed by atoms with Gasteiger partial charge in [-0.1, -0.05) is 0 Å². The Labute approximate surface area is 143 Å². The highest BCUT2D eigenvalue weighted by atomic mass is 32.2. The van der Waals surface area contributed by atoms with Crippen molar-refractivity contribution in [2.75, 3.05) is 25.9 Å². The first-order valence-corrected chi connectivity index (χ1v) is 10.2. The maximum absolute atomic E-state index is 12.2. The molecule has 0 unspecified atom stereocenters. The van der Waals surface area contributed by atoms with Gasteiger partial charge in [-0.2, -0.15) is 4.31 Å². The summed E-state index contributed by atoms with van der Waals surface area (Å²) in [6.07, 6.45) is 6.48. The quantitative estimate of drug-likeness (QED) is 0.863. The first-order valence-electron chi connectivity index (χ1n) is 8.32. The third kappa shape index (κ3) is 3.65. The largest absolute Gasteiger partial charge is 0.369 e. The summed E-state index contributed by atoms with van der Waals surface area (Å²) < 4.78 is 33.0. The van der Waals surface area contributed by atoms with E-state index in [9.17, 15) is 13.2 Å². The fraction of sp³-hybridized carbons (Fsp3) is 0.688. The fourth-order valence-corrected chi connectivity index (χ4v) is 4.55. The summed E-state index contributed by atoms with van der Waals surface area (Å²) in [6.45, 7) is 1.39. The number of rotatable bonds is 4. The number of ether oxygens (including phenoxy) is 1. The summed E-state index contributed by atoms with van der Waals surface area (Å²) in [6, 6.07) is 3.61. The van der Waals surface area contributed by atoms with E-state index in [1.165, 1.54) is 10.6 Å². The number of hydrogen-bond acceptors (Lipinski definition) is 4. The van der Waals surface area contributed by atoms with Gasteiger partial charge in [0.15, 0.2) is 0 Å². The van der Waals surface area contributed by atoms with E-state index in [1.807, 2.05) is 19.3 Å². The molecule has 3 rings (SSSR count). The van der Waals surface area contributed by atoms with E-state index in [2.05, 4.69) is 5.32 Å². The van der Waals surface area contributed by atoms with E-state index in [4.69, 9.17) is 4.74 Å². The molecule has 8 heteroatoms. The molecule has 1 spiro atoms. The number of aryl methyl sites for hydroxylation is 1. The van der Waals surface area contributed by atoms with Gasteiger partial charge >= 0.3 is 0 Å². The molecule has 2 saturated heterocycles. The topological polar surface area (TPSA) is 80.6 Å². The fourth-order valence-electron chi connectivity index (χ4n) is 3.65. The standard InChI is InChI=1S/C16H25N3O4S/c1-18-9-4-6-14(18)15(20)17-11-13-5-3-7-16(23-13)8-10-19(12-16)24(2,21)22/h4,6,9,13H,3,5,7-8,10-12H2,1-2H3,(H,17,20)/t13-,16+/m0/s1. The Morgan fingerprint density at radius 2 is 2.25 bits per heavy atom. The highest BCUT2D eigenvalue weighted by Gasteiger charge is 2.45. The molecule has 1 amide bonds. The molecule has 7 nitrogen and oxygen atoms in total. The number of sulfonamides is 1. The molecule has 2 aliphatic rings. The van der Waals surface area contributed by atoms with E-state index in [-0.39, 0.29) is 17.6 Å². The van der Waals surface area contributed by atoms with Crippen molar-refractivity contribution in [1.82, 2.24) is 14.2 Å². The minimum absolute atomic E-state index is 0.0671. The molecule has 0 saturated carbocycles. The van der Waals surface area contributed by atoms with Gasteiger partial charge in [0.25, 0.3) is 5.91 Å². The molecule has 134 valence electrons. The summed E-state index contributed by atoms with van der Waals surface area (Å²) in [7, 11) is -1.34. The van der Waals surface area contributed by atoms with Gasteiger partial charge in [0.1, 0.15) is 5.69 Å². The second-order valence-electron chi connectivity index (χ2n) is 6.88. The van der Waals surface area contributed by atoms with E-state index in [0.29, 0.717) is 25.3 Å². The molecule has 1 aromatic heterocycles. The Morgan fingerprint density at radius 3 is 2.88 bits per heavy atom. The van der Waals surface area contributed by atoms with Gasteiger partial charge in [-0.25, -0.2) is 8.42 Å². The van der Waals surface area contributed by atoms with Gasteiger partial charge < -0.3 is 14.6 Å². The normalized spacial score (nSPS) is 28.3. The van der Waals surface area contributed by atoms with Crippen molar-refractivity contribution in [1.29, 1.82) is 0 Å². The Hall–Kier alpha value is -1.38. The van der Waals surface area contributed by atoms with E-state index in [1.54, 1.807) is 10.6 Å². The Balaban J connectivity index is 1.57. The van der Waals surface area contributed by atoms with Crippen LogP contribution in [-0.2, 0) is 21.8 Å². The maximum atomic E-state index is 12.2. The van der Waals surface area contributed by atoms with E-state index < -0.39 is 10.0 Å².